The number of hydrogen-bond donors (Lipinski definition) is 2. The Kier molecular flexibility index (Phi) is 6.14. The van der Waals surface area contributed by atoms with Crippen molar-refractivity contribution in [3.8, 4) is 0 Å². The van der Waals surface area contributed by atoms with Gasteiger partial charge in [0, 0.05) is 22.9 Å². The van der Waals surface area contributed by atoms with Crippen LogP contribution in [-0.4, -0.2) is 26.5 Å². The van der Waals surface area contributed by atoms with E-state index in [1.54, 1.807) is 0 Å². The van der Waals surface area contributed by atoms with E-state index < -0.39 is 10.0 Å². The van der Waals surface area contributed by atoms with Crippen molar-refractivity contribution in [1.82, 2.24) is 4.72 Å². The summed E-state index contributed by atoms with van der Waals surface area (Å²) in [5, 5.41) is 0. The number of para-hydroxylation sites is 1. The predicted octanol–water partition coefficient (Wildman–Crippen LogP) is 2.78. The van der Waals surface area contributed by atoms with Gasteiger partial charge in [0.25, 0.3) is 0 Å². The minimum absolute atomic E-state index is 0.116. The van der Waals surface area contributed by atoms with Gasteiger partial charge < -0.3 is 5.73 Å². The van der Waals surface area contributed by atoms with Crippen molar-refractivity contribution in [3.63, 3.8) is 0 Å². The number of anilines is 1. The minimum atomic E-state index is -3.20. The van der Waals surface area contributed by atoms with E-state index >= 15 is 0 Å². The van der Waals surface area contributed by atoms with E-state index in [9.17, 15) is 8.42 Å². The molecule has 1 aromatic rings. The molecule has 0 radical (unpaired) electrons. The molecule has 1 aliphatic rings. The maximum Gasteiger partial charge on any atom is 0.212 e. The van der Waals surface area contributed by atoms with Crippen LogP contribution in [-0.2, 0) is 10.0 Å². The number of benzene rings is 1. The van der Waals surface area contributed by atoms with E-state index in [2.05, 4.69) is 10.8 Å². The molecule has 0 aliphatic heterocycles. The molecule has 0 fully saturated rings. The van der Waals surface area contributed by atoms with Crippen molar-refractivity contribution in [2.24, 2.45) is 0 Å². The first-order chi connectivity index (χ1) is 10.1. The number of nitrogen functional groups attached to an aromatic ring is 1. The summed E-state index contributed by atoms with van der Waals surface area (Å²) in [4.78, 5) is 0.934. The van der Waals surface area contributed by atoms with Gasteiger partial charge in [0.15, 0.2) is 0 Å². The lowest BCUT2D eigenvalue weighted by Crippen LogP contribution is -2.28. The topological polar surface area (TPSA) is 72.2 Å². The second kappa shape index (κ2) is 7.87. The van der Waals surface area contributed by atoms with Crippen molar-refractivity contribution < 1.29 is 8.42 Å². The number of hydrogen-bond acceptors (Lipinski definition) is 4. The molecule has 0 atom stereocenters. The molecule has 0 saturated heterocycles. The van der Waals surface area contributed by atoms with Crippen LogP contribution in [0.15, 0.2) is 40.8 Å². The van der Waals surface area contributed by atoms with Crippen LogP contribution in [0.2, 0.25) is 0 Å². The van der Waals surface area contributed by atoms with Gasteiger partial charge in [0.2, 0.25) is 10.0 Å². The zero-order valence-electron chi connectivity index (χ0n) is 12.0. The second-order valence-corrected chi connectivity index (χ2v) is 8.17. The highest BCUT2D eigenvalue weighted by Gasteiger charge is 2.11. The lowest BCUT2D eigenvalue weighted by molar-refractivity contribution is 0.583. The third-order valence-corrected chi connectivity index (χ3v) is 6.17. The molecular weight excluding hydrogens is 304 g/mol. The van der Waals surface area contributed by atoms with Crippen molar-refractivity contribution >= 4 is 27.5 Å². The molecule has 0 bridgehead atoms. The van der Waals surface area contributed by atoms with E-state index in [0.29, 0.717) is 18.0 Å². The maximum absolute atomic E-state index is 11.9. The normalized spacial score (nSPS) is 15.1. The SMILES string of the molecule is Nc1ccccc1SCCS(=O)(=O)NCCC1=CCCC1. The average Bonchev–Trinajstić information content (AvgIpc) is 2.94. The molecule has 0 aromatic heterocycles. The molecular formula is C15H22N2O2S2. The highest BCUT2D eigenvalue weighted by atomic mass is 32.2. The standard InChI is InChI=1S/C15H22N2O2S2/c16-14-7-3-4-8-15(14)20-11-12-21(18,19)17-10-9-13-5-1-2-6-13/h3-5,7-8,17H,1-2,6,9-12,16H2. The van der Waals surface area contributed by atoms with E-state index in [1.165, 1.54) is 23.8 Å². The summed E-state index contributed by atoms with van der Waals surface area (Å²) in [6, 6.07) is 7.51. The van der Waals surface area contributed by atoms with E-state index in [-0.39, 0.29) is 5.75 Å². The molecule has 1 aromatic carbocycles. The summed E-state index contributed by atoms with van der Waals surface area (Å²) < 4.78 is 26.5. The molecule has 3 N–H and O–H groups in total. The van der Waals surface area contributed by atoms with Crippen LogP contribution in [0, 0.1) is 0 Å². The Balaban J connectivity index is 1.70. The van der Waals surface area contributed by atoms with E-state index in [4.69, 9.17) is 5.73 Å². The third kappa shape index (κ3) is 5.73. The minimum Gasteiger partial charge on any atom is -0.398 e. The van der Waals surface area contributed by atoms with Crippen LogP contribution >= 0.6 is 11.8 Å². The summed E-state index contributed by atoms with van der Waals surface area (Å²) in [7, 11) is -3.20. The Hall–Kier alpha value is -0.980. The van der Waals surface area contributed by atoms with Gasteiger partial charge in [-0.05, 0) is 37.8 Å². The van der Waals surface area contributed by atoms with Crippen LogP contribution in [0.25, 0.3) is 0 Å². The van der Waals surface area contributed by atoms with Gasteiger partial charge in [-0.2, -0.15) is 0 Å². The summed E-state index contributed by atoms with van der Waals surface area (Å²) in [5.74, 6) is 0.622. The van der Waals surface area contributed by atoms with Gasteiger partial charge in [-0.25, -0.2) is 13.1 Å². The lowest BCUT2D eigenvalue weighted by atomic mass is 10.2. The molecule has 0 spiro atoms. The fourth-order valence-corrected chi connectivity index (χ4v) is 4.67. The Bertz CT molecular complexity index is 597. The molecule has 0 unspecified atom stereocenters. The highest BCUT2D eigenvalue weighted by Crippen LogP contribution is 2.24. The average molecular weight is 326 g/mol. The predicted molar refractivity (Wildman–Crippen MR) is 89.9 cm³/mol. The van der Waals surface area contributed by atoms with Gasteiger partial charge in [-0.15, -0.1) is 11.8 Å². The molecule has 4 nitrogen and oxygen atoms in total. The van der Waals surface area contributed by atoms with Crippen molar-refractivity contribution in [3.05, 3.63) is 35.9 Å². The van der Waals surface area contributed by atoms with Crippen molar-refractivity contribution in [1.29, 1.82) is 0 Å². The van der Waals surface area contributed by atoms with Gasteiger partial charge in [-0.1, -0.05) is 23.8 Å². The Morgan fingerprint density at radius 2 is 2.10 bits per heavy atom. The van der Waals surface area contributed by atoms with E-state index in [1.807, 2.05) is 24.3 Å². The van der Waals surface area contributed by atoms with Gasteiger partial charge in [0.1, 0.15) is 0 Å². The lowest BCUT2D eigenvalue weighted by Gasteiger charge is -2.08. The summed E-state index contributed by atoms with van der Waals surface area (Å²) >= 11 is 1.48. The second-order valence-electron chi connectivity index (χ2n) is 5.10. The van der Waals surface area contributed by atoms with Crippen LogP contribution in [0.4, 0.5) is 5.69 Å². The Labute approximate surface area is 131 Å². The first-order valence-corrected chi connectivity index (χ1v) is 9.83. The quantitative estimate of drug-likeness (QED) is 0.438. The summed E-state index contributed by atoms with van der Waals surface area (Å²) in [5.41, 5.74) is 7.90. The molecule has 1 aliphatic carbocycles. The van der Waals surface area contributed by atoms with Gasteiger partial charge in [-0.3, -0.25) is 0 Å². The molecule has 21 heavy (non-hydrogen) atoms. The zero-order chi connectivity index (χ0) is 15.1. The molecule has 0 heterocycles. The van der Waals surface area contributed by atoms with E-state index in [0.717, 1.165) is 24.2 Å². The molecule has 0 amide bonds. The van der Waals surface area contributed by atoms with Gasteiger partial charge in [0.05, 0.1) is 5.75 Å². The highest BCUT2D eigenvalue weighted by molar-refractivity contribution is 8.00. The number of thioether (sulfide) groups is 1. The molecule has 6 heteroatoms. The van der Waals surface area contributed by atoms with Crippen LogP contribution in [0.1, 0.15) is 25.7 Å². The summed E-state index contributed by atoms with van der Waals surface area (Å²) in [6.45, 7) is 0.506. The molecule has 116 valence electrons. The molecule has 0 saturated carbocycles. The fraction of sp³-hybridized carbons (Fsp3) is 0.467. The molecule has 2 rings (SSSR count). The van der Waals surface area contributed by atoms with Crippen LogP contribution < -0.4 is 10.5 Å². The van der Waals surface area contributed by atoms with Gasteiger partial charge >= 0.3 is 0 Å². The van der Waals surface area contributed by atoms with Crippen molar-refractivity contribution in [2.45, 2.75) is 30.6 Å². The first kappa shape index (κ1) is 16.4. The maximum atomic E-state index is 11.9. The zero-order valence-corrected chi connectivity index (χ0v) is 13.7. The largest absolute Gasteiger partial charge is 0.398 e. The monoisotopic (exact) mass is 326 g/mol. The smallest absolute Gasteiger partial charge is 0.212 e. The van der Waals surface area contributed by atoms with Crippen molar-refractivity contribution in [2.75, 3.05) is 23.8 Å². The number of allylic oxidation sites excluding steroid dienone is 1. The van der Waals surface area contributed by atoms with Crippen LogP contribution in [0.3, 0.4) is 0 Å². The number of sulfonamides is 1. The first-order valence-electron chi connectivity index (χ1n) is 7.19. The fourth-order valence-electron chi connectivity index (χ4n) is 2.28. The van der Waals surface area contributed by atoms with Crippen LogP contribution in [0.5, 0.6) is 0 Å². The number of nitrogens with one attached hydrogen (secondary N) is 1. The Morgan fingerprint density at radius 1 is 1.29 bits per heavy atom. The third-order valence-electron chi connectivity index (χ3n) is 3.43. The number of nitrogens with two attached hydrogens (primary N) is 1. The number of rotatable bonds is 8. The Morgan fingerprint density at radius 3 is 2.81 bits per heavy atom. The summed E-state index contributed by atoms with van der Waals surface area (Å²) in [6.07, 6.45) is 6.51.